The van der Waals surface area contributed by atoms with Crippen LogP contribution in [0.3, 0.4) is 0 Å². The summed E-state index contributed by atoms with van der Waals surface area (Å²) in [6.07, 6.45) is 2.81. The Balaban J connectivity index is 1.47. The Morgan fingerprint density at radius 1 is 1.38 bits per heavy atom. The Bertz CT molecular complexity index is 656. The maximum Gasteiger partial charge on any atom is 0.277 e. The maximum atomic E-state index is 12.1. The van der Waals surface area contributed by atoms with E-state index in [1.807, 2.05) is 37.3 Å². The van der Waals surface area contributed by atoms with Crippen molar-refractivity contribution in [1.29, 1.82) is 0 Å². The van der Waals surface area contributed by atoms with E-state index < -0.39 is 0 Å². The van der Waals surface area contributed by atoms with E-state index in [1.165, 1.54) is 11.8 Å². The van der Waals surface area contributed by atoms with Gasteiger partial charge in [0.15, 0.2) is 0 Å². The quantitative estimate of drug-likeness (QED) is 0.775. The summed E-state index contributed by atoms with van der Waals surface area (Å²) < 4.78 is 11.1. The second-order valence-corrected chi connectivity index (χ2v) is 7.06. The number of aromatic nitrogens is 2. The molecule has 1 aliphatic heterocycles. The third-order valence-corrected chi connectivity index (χ3v) is 4.76. The van der Waals surface area contributed by atoms with Crippen molar-refractivity contribution in [1.82, 2.24) is 15.5 Å². The van der Waals surface area contributed by atoms with Crippen molar-refractivity contribution >= 4 is 17.7 Å². The second-order valence-electron chi connectivity index (χ2n) is 5.76. The lowest BCUT2D eigenvalue weighted by molar-refractivity contribution is -0.120. The van der Waals surface area contributed by atoms with Crippen LogP contribution in [-0.2, 0) is 16.0 Å². The van der Waals surface area contributed by atoms with Crippen LogP contribution in [0.25, 0.3) is 0 Å². The topological polar surface area (TPSA) is 77.2 Å². The zero-order valence-electron chi connectivity index (χ0n) is 13.6. The fraction of sp³-hybridized carbons (Fsp3) is 0.471. The van der Waals surface area contributed by atoms with E-state index in [4.69, 9.17) is 9.15 Å². The van der Waals surface area contributed by atoms with Crippen LogP contribution in [0.5, 0.6) is 0 Å². The molecule has 128 valence electrons. The van der Waals surface area contributed by atoms with Crippen molar-refractivity contribution in [3.05, 3.63) is 41.8 Å². The monoisotopic (exact) mass is 347 g/mol. The summed E-state index contributed by atoms with van der Waals surface area (Å²) in [6.45, 7) is 3.18. The molecule has 3 rings (SSSR count). The lowest BCUT2D eigenvalue weighted by Crippen LogP contribution is -2.36. The largest absolute Gasteiger partial charge is 0.416 e. The van der Waals surface area contributed by atoms with Crippen LogP contribution < -0.4 is 5.32 Å². The summed E-state index contributed by atoms with van der Waals surface area (Å²) in [4.78, 5) is 12.1. The molecule has 2 atom stereocenters. The van der Waals surface area contributed by atoms with E-state index in [0.29, 0.717) is 24.1 Å². The molecule has 1 aliphatic rings. The first-order valence-electron chi connectivity index (χ1n) is 8.13. The van der Waals surface area contributed by atoms with Crippen molar-refractivity contribution in [2.75, 3.05) is 13.2 Å². The molecule has 24 heavy (non-hydrogen) atoms. The number of hydrogen-bond acceptors (Lipinski definition) is 6. The van der Waals surface area contributed by atoms with Crippen LogP contribution in [0.1, 0.15) is 31.2 Å². The average Bonchev–Trinajstić information content (AvgIpc) is 3.25. The van der Waals surface area contributed by atoms with Crippen LogP contribution in [-0.4, -0.2) is 40.6 Å². The fourth-order valence-corrected chi connectivity index (χ4v) is 3.22. The van der Waals surface area contributed by atoms with Gasteiger partial charge >= 0.3 is 0 Å². The first kappa shape index (κ1) is 17.0. The zero-order chi connectivity index (χ0) is 16.8. The van der Waals surface area contributed by atoms with E-state index in [9.17, 15) is 4.79 Å². The minimum atomic E-state index is -0.295. The van der Waals surface area contributed by atoms with E-state index in [-0.39, 0.29) is 17.3 Å². The zero-order valence-corrected chi connectivity index (χ0v) is 14.4. The molecule has 1 amide bonds. The van der Waals surface area contributed by atoms with Gasteiger partial charge < -0.3 is 14.5 Å². The summed E-state index contributed by atoms with van der Waals surface area (Å²) >= 11 is 1.27. The Morgan fingerprint density at radius 3 is 2.96 bits per heavy atom. The smallest absolute Gasteiger partial charge is 0.277 e. The number of thioether (sulfide) groups is 1. The summed E-state index contributed by atoms with van der Waals surface area (Å²) in [6, 6.07) is 9.94. The molecule has 6 nitrogen and oxygen atoms in total. The van der Waals surface area contributed by atoms with Gasteiger partial charge in [-0.15, -0.1) is 10.2 Å². The number of amides is 1. The molecule has 1 fully saturated rings. The van der Waals surface area contributed by atoms with Crippen molar-refractivity contribution in [2.24, 2.45) is 0 Å². The molecule has 1 N–H and O–H groups in total. The molecule has 2 unspecified atom stereocenters. The molecule has 7 heteroatoms. The van der Waals surface area contributed by atoms with Gasteiger partial charge in [-0.2, -0.15) is 0 Å². The van der Waals surface area contributed by atoms with Crippen molar-refractivity contribution in [2.45, 2.75) is 42.8 Å². The van der Waals surface area contributed by atoms with Crippen LogP contribution in [0.2, 0.25) is 0 Å². The van der Waals surface area contributed by atoms with Crippen LogP contribution in [0, 0.1) is 0 Å². The van der Waals surface area contributed by atoms with Crippen LogP contribution in [0.4, 0.5) is 0 Å². The number of carbonyl (C=O) groups excluding carboxylic acids is 1. The molecule has 0 spiro atoms. The summed E-state index contributed by atoms with van der Waals surface area (Å²) in [5.41, 5.74) is 1.11. The number of nitrogens with one attached hydrogen (secondary N) is 1. The molecular weight excluding hydrogens is 326 g/mol. The van der Waals surface area contributed by atoms with E-state index in [2.05, 4.69) is 15.5 Å². The number of carbonyl (C=O) groups is 1. The predicted octanol–water partition coefficient (Wildman–Crippen LogP) is 2.44. The summed E-state index contributed by atoms with van der Waals surface area (Å²) in [5.74, 6) is 0.508. The highest BCUT2D eigenvalue weighted by Gasteiger charge is 2.21. The van der Waals surface area contributed by atoms with E-state index in [1.54, 1.807) is 0 Å². The van der Waals surface area contributed by atoms with Crippen LogP contribution in [0.15, 0.2) is 40.0 Å². The van der Waals surface area contributed by atoms with Gasteiger partial charge in [-0.25, -0.2) is 0 Å². The standard InChI is InChI=1S/C17H21N3O3S/c1-12(16(21)18-11-14-8-5-9-22-14)24-17-20-19-15(23-17)10-13-6-3-2-4-7-13/h2-4,6-7,12,14H,5,8-11H2,1H3,(H,18,21). The van der Waals surface area contributed by atoms with Gasteiger partial charge in [-0.1, -0.05) is 42.1 Å². The van der Waals surface area contributed by atoms with Gasteiger partial charge in [0.05, 0.1) is 17.8 Å². The number of ether oxygens (including phenoxy) is 1. The Hall–Kier alpha value is -1.86. The highest BCUT2D eigenvalue weighted by atomic mass is 32.2. The minimum Gasteiger partial charge on any atom is -0.416 e. The lowest BCUT2D eigenvalue weighted by Gasteiger charge is -2.13. The van der Waals surface area contributed by atoms with Gasteiger partial charge in [0.1, 0.15) is 0 Å². The highest BCUT2D eigenvalue weighted by molar-refractivity contribution is 8.00. The van der Waals surface area contributed by atoms with Crippen LogP contribution >= 0.6 is 11.8 Å². The molecule has 0 bridgehead atoms. The van der Waals surface area contributed by atoms with Crippen molar-refractivity contribution < 1.29 is 13.9 Å². The minimum absolute atomic E-state index is 0.0432. The lowest BCUT2D eigenvalue weighted by atomic mass is 10.2. The third-order valence-electron chi connectivity index (χ3n) is 3.82. The number of rotatable bonds is 7. The Kier molecular flexibility index (Phi) is 5.87. The Morgan fingerprint density at radius 2 is 2.21 bits per heavy atom. The average molecular weight is 347 g/mol. The molecule has 1 saturated heterocycles. The molecule has 2 aromatic rings. The molecule has 0 aliphatic carbocycles. The Labute approximate surface area is 145 Å². The maximum absolute atomic E-state index is 12.1. The van der Waals surface area contributed by atoms with Gasteiger partial charge in [0.2, 0.25) is 11.8 Å². The highest BCUT2D eigenvalue weighted by Crippen LogP contribution is 2.23. The normalized spacial score (nSPS) is 18.5. The molecule has 2 heterocycles. The SMILES string of the molecule is CC(Sc1nnc(Cc2ccccc2)o1)C(=O)NCC1CCCO1. The number of hydrogen-bond donors (Lipinski definition) is 1. The summed E-state index contributed by atoms with van der Waals surface area (Å²) in [7, 11) is 0. The van der Waals surface area contributed by atoms with Gasteiger partial charge in [-0.3, -0.25) is 4.79 Å². The van der Waals surface area contributed by atoms with E-state index in [0.717, 1.165) is 25.0 Å². The molecular formula is C17H21N3O3S. The summed E-state index contributed by atoms with van der Waals surface area (Å²) in [5, 5.41) is 11.1. The third kappa shape index (κ3) is 4.82. The second kappa shape index (κ2) is 8.30. The van der Waals surface area contributed by atoms with Gasteiger partial charge in [0, 0.05) is 13.2 Å². The first-order chi connectivity index (χ1) is 11.7. The van der Waals surface area contributed by atoms with Gasteiger partial charge in [0.25, 0.3) is 5.22 Å². The number of nitrogens with zero attached hydrogens (tertiary/aromatic N) is 2. The van der Waals surface area contributed by atoms with Crippen molar-refractivity contribution in [3.63, 3.8) is 0 Å². The molecule has 1 aromatic heterocycles. The van der Waals surface area contributed by atoms with Crippen molar-refractivity contribution in [3.8, 4) is 0 Å². The first-order valence-corrected chi connectivity index (χ1v) is 9.01. The fourth-order valence-electron chi connectivity index (χ4n) is 2.50. The molecule has 1 aromatic carbocycles. The molecule has 0 radical (unpaired) electrons. The van der Waals surface area contributed by atoms with Gasteiger partial charge in [-0.05, 0) is 25.3 Å². The number of benzene rings is 1. The molecule has 0 saturated carbocycles. The van der Waals surface area contributed by atoms with E-state index >= 15 is 0 Å². The predicted molar refractivity (Wildman–Crippen MR) is 90.8 cm³/mol.